The van der Waals surface area contributed by atoms with Crippen molar-refractivity contribution >= 4 is 63.5 Å². The number of aromatic nitrogens is 1. The molecule has 0 radical (unpaired) electrons. The number of carboxylic acid groups (broad SMARTS) is 1. The first-order valence-electron chi connectivity index (χ1n) is 15.0. The number of allylic oxidation sites excluding steroid dienone is 1. The first-order chi connectivity index (χ1) is 23.1. The second-order valence-corrected chi connectivity index (χ2v) is 13.2. The van der Waals surface area contributed by atoms with Gasteiger partial charge in [0.2, 0.25) is 0 Å². The normalized spacial score (nSPS) is 14.3. The van der Waals surface area contributed by atoms with E-state index >= 15 is 0 Å². The molecule has 48 heavy (non-hydrogen) atoms. The Bertz CT molecular complexity index is 2110. The average Bonchev–Trinajstić information content (AvgIpc) is 3.37. The van der Waals surface area contributed by atoms with E-state index in [4.69, 9.17) is 35.5 Å². The predicted octanol–water partition coefficient (Wildman–Crippen LogP) is 6.13. The Hall–Kier alpha value is -4.14. The van der Waals surface area contributed by atoms with E-state index in [0.717, 1.165) is 3.57 Å². The number of hydrogen-bond donors (Lipinski definition) is 1. The van der Waals surface area contributed by atoms with Gasteiger partial charge in [-0.3, -0.25) is 9.36 Å². The lowest BCUT2D eigenvalue weighted by Gasteiger charge is -2.27. The Balaban J connectivity index is 1.62. The van der Waals surface area contributed by atoms with E-state index in [1.807, 2.05) is 13.0 Å². The number of ether oxygens (including phenoxy) is 4. The van der Waals surface area contributed by atoms with Crippen molar-refractivity contribution in [3.05, 3.63) is 116 Å². The van der Waals surface area contributed by atoms with Crippen molar-refractivity contribution in [3.8, 4) is 17.2 Å². The van der Waals surface area contributed by atoms with Gasteiger partial charge in [0.05, 0.1) is 45.8 Å². The summed E-state index contributed by atoms with van der Waals surface area (Å²) in [6.07, 6.45) is 2.96. The highest BCUT2D eigenvalue weighted by molar-refractivity contribution is 14.1. The summed E-state index contributed by atoms with van der Waals surface area (Å²) in [5, 5.41) is 9.74. The molecule has 1 N–H and O–H groups in total. The van der Waals surface area contributed by atoms with E-state index in [1.165, 1.54) is 36.2 Å². The van der Waals surface area contributed by atoms with Gasteiger partial charge in [-0.05, 0) is 95.6 Å². The zero-order valence-electron chi connectivity index (χ0n) is 26.5. The minimum Gasteiger partial charge on any atom is -0.496 e. The maximum absolute atomic E-state index is 14.3. The summed E-state index contributed by atoms with van der Waals surface area (Å²) in [7, 11) is 3.04. The van der Waals surface area contributed by atoms with Crippen LogP contribution in [-0.2, 0) is 16.1 Å². The molecule has 1 atom stereocenters. The third kappa shape index (κ3) is 7.30. The number of halogens is 2. The number of aromatic carboxylic acids is 1. The quantitative estimate of drug-likeness (QED) is 0.134. The number of carbonyl (C=O) groups excluding carboxylic acids is 1. The van der Waals surface area contributed by atoms with E-state index in [2.05, 4.69) is 22.6 Å². The highest BCUT2D eigenvalue weighted by atomic mass is 127. The molecule has 0 saturated carbocycles. The molecule has 0 saturated heterocycles. The summed E-state index contributed by atoms with van der Waals surface area (Å²) < 4.78 is 25.5. The molecule has 2 heterocycles. The Morgan fingerprint density at radius 1 is 1.08 bits per heavy atom. The van der Waals surface area contributed by atoms with Crippen molar-refractivity contribution in [2.24, 2.45) is 4.99 Å². The Labute approximate surface area is 299 Å². The van der Waals surface area contributed by atoms with Crippen LogP contribution >= 0.6 is 45.5 Å². The van der Waals surface area contributed by atoms with Crippen LogP contribution in [0.1, 0.15) is 59.8 Å². The largest absolute Gasteiger partial charge is 0.496 e. The summed E-state index contributed by atoms with van der Waals surface area (Å²) in [5.41, 5.74) is 2.53. The molecule has 1 aliphatic rings. The van der Waals surface area contributed by atoms with Gasteiger partial charge in [-0.25, -0.2) is 14.6 Å². The van der Waals surface area contributed by atoms with Crippen molar-refractivity contribution in [1.82, 2.24) is 4.57 Å². The molecular weight excluding hydrogens is 771 g/mol. The number of benzene rings is 3. The Morgan fingerprint density at radius 2 is 1.85 bits per heavy atom. The van der Waals surface area contributed by atoms with E-state index in [1.54, 1.807) is 55.5 Å². The number of nitrogens with zero attached hydrogens (tertiary/aromatic N) is 2. The van der Waals surface area contributed by atoms with Crippen LogP contribution in [0.25, 0.3) is 6.08 Å². The molecule has 0 fully saturated rings. The molecule has 0 aliphatic carbocycles. The topological polar surface area (TPSA) is 126 Å². The molecule has 5 rings (SSSR count). The van der Waals surface area contributed by atoms with Crippen LogP contribution in [-0.4, -0.2) is 42.4 Å². The van der Waals surface area contributed by atoms with Crippen molar-refractivity contribution < 1.29 is 33.6 Å². The molecule has 13 heteroatoms. The van der Waals surface area contributed by atoms with Gasteiger partial charge in [0, 0.05) is 10.6 Å². The lowest BCUT2D eigenvalue weighted by atomic mass is 9.93. The van der Waals surface area contributed by atoms with Crippen LogP contribution in [0, 0.1) is 3.57 Å². The highest BCUT2D eigenvalue weighted by Gasteiger charge is 2.36. The van der Waals surface area contributed by atoms with Gasteiger partial charge in [0.25, 0.3) is 5.56 Å². The maximum atomic E-state index is 14.3. The summed E-state index contributed by atoms with van der Waals surface area (Å²) in [6.45, 7) is 4.00. The third-order valence-corrected chi connectivity index (χ3v) is 9.50. The number of carboxylic acids is 1. The van der Waals surface area contributed by atoms with Gasteiger partial charge in [0.1, 0.15) is 18.4 Å². The smallest absolute Gasteiger partial charge is 0.338 e. The number of thiazole rings is 1. The number of hydrogen-bond acceptors (Lipinski definition) is 9. The molecule has 250 valence electrons. The van der Waals surface area contributed by atoms with Gasteiger partial charge in [-0.2, -0.15) is 0 Å². The van der Waals surface area contributed by atoms with E-state index < -0.39 is 18.0 Å². The van der Waals surface area contributed by atoms with Gasteiger partial charge in [-0.15, -0.1) is 0 Å². The molecule has 1 aliphatic heterocycles. The molecule has 0 bridgehead atoms. The van der Waals surface area contributed by atoms with Crippen LogP contribution in [0.2, 0.25) is 5.02 Å². The SMILES string of the molecule is CCCC1=C(C(=O)OCC)[C@@H](c2cc(Cl)ccc2OC)n2c(s/c(=C/c3cc(I)c(OCc4cccc(C(=O)O)c4)c(OC)c3)c2=O)=N1. The van der Waals surface area contributed by atoms with Crippen LogP contribution < -0.4 is 29.1 Å². The van der Waals surface area contributed by atoms with E-state index in [-0.39, 0.29) is 29.9 Å². The molecule has 0 unspecified atom stereocenters. The Morgan fingerprint density at radius 3 is 2.54 bits per heavy atom. The fourth-order valence-corrected chi connectivity index (χ4v) is 7.38. The highest BCUT2D eigenvalue weighted by Crippen LogP contribution is 2.39. The summed E-state index contributed by atoms with van der Waals surface area (Å²) >= 11 is 9.78. The summed E-state index contributed by atoms with van der Waals surface area (Å²) in [5.74, 6) is -0.200. The fourth-order valence-electron chi connectivity index (χ4n) is 5.40. The molecule has 1 aromatic heterocycles. The maximum Gasteiger partial charge on any atom is 0.338 e. The number of carbonyl (C=O) groups is 2. The van der Waals surface area contributed by atoms with Gasteiger partial charge >= 0.3 is 11.9 Å². The minimum absolute atomic E-state index is 0.126. The van der Waals surface area contributed by atoms with Crippen molar-refractivity contribution in [1.29, 1.82) is 0 Å². The fraction of sp³-hybridized carbons (Fsp3) is 0.257. The molecular formula is C35H32ClIN2O8S. The first-order valence-corrected chi connectivity index (χ1v) is 17.2. The monoisotopic (exact) mass is 802 g/mol. The van der Waals surface area contributed by atoms with Crippen LogP contribution in [0.3, 0.4) is 0 Å². The number of methoxy groups -OCH3 is 2. The zero-order valence-corrected chi connectivity index (χ0v) is 30.3. The second kappa shape index (κ2) is 15.4. The van der Waals surface area contributed by atoms with E-state index in [0.29, 0.717) is 66.8 Å². The third-order valence-electron chi connectivity index (χ3n) is 7.49. The average molecular weight is 803 g/mol. The molecule has 4 aromatic rings. The van der Waals surface area contributed by atoms with Crippen LogP contribution in [0.5, 0.6) is 17.2 Å². The lowest BCUT2D eigenvalue weighted by molar-refractivity contribution is -0.139. The van der Waals surface area contributed by atoms with Gasteiger partial charge in [0.15, 0.2) is 16.3 Å². The lowest BCUT2D eigenvalue weighted by Crippen LogP contribution is -2.40. The van der Waals surface area contributed by atoms with E-state index in [9.17, 15) is 19.5 Å². The second-order valence-electron chi connectivity index (χ2n) is 10.6. The van der Waals surface area contributed by atoms with Gasteiger partial charge in [-0.1, -0.05) is 48.4 Å². The standard InChI is InChI=1S/C35H32ClIN2O8S/c1-5-8-25-29(34(43)46-6-2)30(23-17-22(36)11-12-26(23)44-3)39-32(40)28(48-35(39)38-25)16-20-14-24(37)31(27(15-20)45-4)47-18-19-9-7-10-21(13-19)33(41)42/h7,9-17,30H,5-6,8,18H2,1-4H3,(H,41,42)/b28-16+/t30-/m1/s1. The molecule has 3 aromatic carbocycles. The summed E-state index contributed by atoms with van der Waals surface area (Å²) in [4.78, 5) is 44.4. The van der Waals surface area contributed by atoms with Gasteiger partial charge < -0.3 is 24.1 Å². The predicted molar refractivity (Wildman–Crippen MR) is 191 cm³/mol. The molecule has 10 nitrogen and oxygen atoms in total. The number of rotatable bonds is 12. The minimum atomic E-state index is -1.02. The molecule has 0 spiro atoms. The number of fused-ring (bicyclic) bond motifs is 1. The summed E-state index contributed by atoms with van der Waals surface area (Å²) in [6, 6.07) is 14.3. The van der Waals surface area contributed by atoms with Crippen LogP contribution in [0.15, 0.2) is 75.7 Å². The van der Waals surface area contributed by atoms with Crippen molar-refractivity contribution in [2.45, 2.75) is 39.3 Å². The first kappa shape index (κ1) is 35.2. The number of esters is 1. The van der Waals surface area contributed by atoms with Crippen LogP contribution in [0.4, 0.5) is 0 Å². The molecule has 0 amide bonds. The van der Waals surface area contributed by atoms with Crippen molar-refractivity contribution in [2.75, 3.05) is 20.8 Å². The van der Waals surface area contributed by atoms with Crippen molar-refractivity contribution in [3.63, 3.8) is 0 Å². The Kier molecular flexibility index (Phi) is 11.3. The zero-order chi connectivity index (χ0) is 34.5.